The van der Waals surface area contributed by atoms with Gasteiger partial charge >= 0.3 is 0 Å². The quantitative estimate of drug-likeness (QED) is 0.300. The molecule has 1 aromatic heterocycles. The van der Waals surface area contributed by atoms with Crippen LogP contribution in [0.3, 0.4) is 0 Å². The van der Waals surface area contributed by atoms with Crippen molar-refractivity contribution in [1.82, 2.24) is 9.78 Å². The summed E-state index contributed by atoms with van der Waals surface area (Å²) in [5.74, 6) is 0.946. The van der Waals surface area contributed by atoms with Crippen molar-refractivity contribution >= 4 is 29.0 Å². The fraction of sp³-hybridized carbons (Fsp3) is 0.167. The number of carbonyl (C=O) groups is 2. The molecule has 2 amide bonds. The van der Waals surface area contributed by atoms with Gasteiger partial charge in [0.2, 0.25) is 0 Å². The largest absolute Gasteiger partial charge is 0.493 e. The van der Waals surface area contributed by atoms with Crippen molar-refractivity contribution in [3.8, 4) is 11.5 Å². The van der Waals surface area contributed by atoms with E-state index in [-0.39, 0.29) is 11.8 Å². The van der Waals surface area contributed by atoms with Crippen LogP contribution in [0.5, 0.6) is 11.5 Å². The molecule has 0 saturated heterocycles. The Labute approximate surface area is 226 Å². The molecule has 5 rings (SSSR count). The molecular formula is C30H29N5O4. The number of nitrogens with zero attached hydrogens (tertiary/aromatic N) is 2. The minimum Gasteiger partial charge on any atom is -0.493 e. The molecule has 39 heavy (non-hydrogen) atoms. The highest BCUT2D eigenvalue weighted by Crippen LogP contribution is 2.40. The van der Waals surface area contributed by atoms with E-state index in [1.165, 1.54) is 6.20 Å². The lowest BCUT2D eigenvalue weighted by Gasteiger charge is -2.30. The number of amides is 2. The van der Waals surface area contributed by atoms with Crippen molar-refractivity contribution in [3.63, 3.8) is 0 Å². The van der Waals surface area contributed by atoms with E-state index < -0.39 is 6.04 Å². The van der Waals surface area contributed by atoms with Crippen LogP contribution in [0.15, 0.2) is 90.3 Å². The van der Waals surface area contributed by atoms with Gasteiger partial charge in [-0.15, -0.1) is 0 Å². The highest BCUT2D eigenvalue weighted by atomic mass is 16.5. The average Bonchev–Trinajstić information content (AvgIpc) is 3.36. The minimum atomic E-state index is -0.648. The Morgan fingerprint density at radius 2 is 1.56 bits per heavy atom. The standard InChI is InChI=1S/C30H29N5O4/c1-18-9-8-12-22(15-18)34-29(36)23-17-31-35-27(20-13-14-24(38-3)25(16-20)39-4)26(19(2)32-28(23)35)30(37)33-21-10-6-5-7-11-21/h5-17,27,32H,1-4H3,(H,33,37)(H,34,36). The molecule has 0 spiro atoms. The number of nitrogens with one attached hydrogen (secondary N) is 3. The van der Waals surface area contributed by atoms with Crippen LogP contribution >= 0.6 is 0 Å². The summed E-state index contributed by atoms with van der Waals surface area (Å²) < 4.78 is 12.6. The molecule has 9 heteroatoms. The number of benzene rings is 3. The third-order valence-electron chi connectivity index (χ3n) is 6.54. The normalized spacial score (nSPS) is 14.2. The number of ether oxygens (including phenoxy) is 2. The molecule has 1 unspecified atom stereocenters. The summed E-state index contributed by atoms with van der Waals surface area (Å²) in [5, 5.41) is 13.7. The summed E-state index contributed by atoms with van der Waals surface area (Å²) in [5.41, 5.74) is 4.52. The van der Waals surface area contributed by atoms with E-state index in [1.807, 2.05) is 80.6 Å². The van der Waals surface area contributed by atoms with Gasteiger partial charge in [0.1, 0.15) is 17.4 Å². The maximum Gasteiger partial charge on any atom is 0.261 e. The van der Waals surface area contributed by atoms with E-state index in [0.29, 0.717) is 45.5 Å². The first-order valence-electron chi connectivity index (χ1n) is 12.4. The Bertz CT molecular complexity index is 1580. The number of aromatic nitrogens is 2. The van der Waals surface area contributed by atoms with E-state index in [4.69, 9.17) is 9.47 Å². The molecular weight excluding hydrogens is 494 g/mol. The zero-order valence-corrected chi connectivity index (χ0v) is 22.1. The first kappa shape index (κ1) is 25.6. The maximum absolute atomic E-state index is 13.7. The van der Waals surface area contributed by atoms with Crippen LogP contribution in [0.4, 0.5) is 17.2 Å². The predicted molar refractivity (Wildman–Crippen MR) is 150 cm³/mol. The topological polar surface area (TPSA) is 107 Å². The van der Waals surface area contributed by atoms with Crippen LogP contribution in [0.25, 0.3) is 0 Å². The van der Waals surface area contributed by atoms with Crippen molar-refractivity contribution < 1.29 is 19.1 Å². The summed E-state index contributed by atoms with van der Waals surface area (Å²) in [6.07, 6.45) is 1.51. The third-order valence-corrected chi connectivity index (χ3v) is 6.54. The van der Waals surface area contributed by atoms with Gasteiger partial charge in [0.25, 0.3) is 11.8 Å². The highest BCUT2D eigenvalue weighted by Gasteiger charge is 2.36. The van der Waals surface area contributed by atoms with Gasteiger partial charge in [0.05, 0.1) is 26.0 Å². The lowest BCUT2D eigenvalue weighted by Crippen LogP contribution is -2.32. The SMILES string of the molecule is COc1ccc(C2C(C(=O)Nc3ccccc3)=C(C)Nc3c(C(=O)Nc4cccc(C)c4)cnn32)cc1OC. The van der Waals surface area contributed by atoms with Gasteiger partial charge in [-0.25, -0.2) is 4.68 Å². The number of hydrogen-bond donors (Lipinski definition) is 3. The number of allylic oxidation sites excluding steroid dienone is 1. The number of para-hydroxylation sites is 1. The second-order valence-corrected chi connectivity index (χ2v) is 9.18. The van der Waals surface area contributed by atoms with Crippen LogP contribution in [-0.4, -0.2) is 35.8 Å². The second kappa shape index (κ2) is 10.7. The Morgan fingerprint density at radius 3 is 2.28 bits per heavy atom. The van der Waals surface area contributed by atoms with E-state index >= 15 is 0 Å². The van der Waals surface area contributed by atoms with Crippen molar-refractivity contribution in [3.05, 3.63) is 107 Å². The molecule has 0 aliphatic carbocycles. The summed E-state index contributed by atoms with van der Waals surface area (Å²) in [4.78, 5) is 27.0. The molecule has 0 radical (unpaired) electrons. The zero-order chi connectivity index (χ0) is 27.5. The highest BCUT2D eigenvalue weighted by molar-refractivity contribution is 6.09. The molecule has 1 aliphatic heterocycles. The fourth-order valence-corrected chi connectivity index (χ4v) is 4.69. The first-order chi connectivity index (χ1) is 18.9. The number of rotatable bonds is 7. The number of aryl methyl sites for hydroxylation is 1. The Kier molecular flexibility index (Phi) is 7.05. The van der Waals surface area contributed by atoms with Crippen molar-refractivity contribution in [1.29, 1.82) is 0 Å². The number of methoxy groups -OCH3 is 2. The molecule has 0 saturated carbocycles. The molecule has 0 fully saturated rings. The van der Waals surface area contributed by atoms with Crippen LogP contribution in [0, 0.1) is 6.92 Å². The summed E-state index contributed by atoms with van der Waals surface area (Å²) in [7, 11) is 3.12. The van der Waals surface area contributed by atoms with E-state index in [2.05, 4.69) is 21.0 Å². The van der Waals surface area contributed by atoms with Gasteiger partial charge in [-0.1, -0.05) is 36.4 Å². The van der Waals surface area contributed by atoms with Gasteiger partial charge in [-0.2, -0.15) is 5.10 Å². The Balaban J connectivity index is 1.58. The zero-order valence-electron chi connectivity index (χ0n) is 22.1. The van der Waals surface area contributed by atoms with Crippen LogP contribution in [0.1, 0.15) is 34.5 Å². The number of hydrogen-bond acceptors (Lipinski definition) is 6. The summed E-state index contributed by atoms with van der Waals surface area (Å²) in [6, 6.07) is 21.6. The molecule has 2 heterocycles. The second-order valence-electron chi connectivity index (χ2n) is 9.18. The first-order valence-corrected chi connectivity index (χ1v) is 12.4. The molecule has 1 atom stereocenters. The van der Waals surface area contributed by atoms with Gasteiger partial charge in [-0.05, 0) is 61.4 Å². The molecule has 9 nitrogen and oxygen atoms in total. The predicted octanol–water partition coefficient (Wildman–Crippen LogP) is 5.39. The number of anilines is 3. The summed E-state index contributed by atoms with van der Waals surface area (Å²) >= 11 is 0. The van der Waals surface area contributed by atoms with Gasteiger partial charge in [0, 0.05) is 17.1 Å². The molecule has 198 valence electrons. The molecule has 3 aromatic carbocycles. The fourth-order valence-electron chi connectivity index (χ4n) is 4.69. The minimum absolute atomic E-state index is 0.294. The van der Waals surface area contributed by atoms with Crippen LogP contribution in [0.2, 0.25) is 0 Å². The third kappa shape index (κ3) is 5.06. The Hall–Kier alpha value is -5.05. The van der Waals surface area contributed by atoms with E-state index in [0.717, 1.165) is 11.1 Å². The van der Waals surface area contributed by atoms with Gasteiger partial charge in [-0.3, -0.25) is 9.59 Å². The number of carbonyl (C=O) groups excluding carboxylic acids is 2. The molecule has 0 bridgehead atoms. The Morgan fingerprint density at radius 1 is 0.846 bits per heavy atom. The maximum atomic E-state index is 13.7. The van der Waals surface area contributed by atoms with E-state index in [9.17, 15) is 9.59 Å². The van der Waals surface area contributed by atoms with E-state index in [1.54, 1.807) is 25.0 Å². The van der Waals surface area contributed by atoms with Gasteiger partial charge in [0.15, 0.2) is 11.5 Å². The molecule has 4 aromatic rings. The average molecular weight is 524 g/mol. The molecule has 1 aliphatic rings. The van der Waals surface area contributed by atoms with Crippen LogP contribution in [-0.2, 0) is 4.79 Å². The number of fused-ring (bicyclic) bond motifs is 1. The molecule has 3 N–H and O–H groups in total. The van der Waals surface area contributed by atoms with Crippen molar-refractivity contribution in [2.24, 2.45) is 0 Å². The monoisotopic (exact) mass is 523 g/mol. The van der Waals surface area contributed by atoms with Crippen LogP contribution < -0.4 is 25.4 Å². The summed E-state index contributed by atoms with van der Waals surface area (Å²) in [6.45, 7) is 3.77. The lowest BCUT2D eigenvalue weighted by molar-refractivity contribution is -0.113. The van der Waals surface area contributed by atoms with Crippen molar-refractivity contribution in [2.75, 3.05) is 30.2 Å². The lowest BCUT2D eigenvalue weighted by atomic mass is 9.94. The van der Waals surface area contributed by atoms with Crippen molar-refractivity contribution in [2.45, 2.75) is 19.9 Å². The van der Waals surface area contributed by atoms with Gasteiger partial charge < -0.3 is 25.4 Å². The smallest absolute Gasteiger partial charge is 0.261 e.